The highest BCUT2D eigenvalue weighted by Gasteiger charge is 2.30. The molecule has 2 rings (SSSR count). The lowest BCUT2D eigenvalue weighted by Gasteiger charge is -2.19. The smallest absolute Gasteiger partial charge is 0.246 e. The van der Waals surface area contributed by atoms with E-state index in [4.69, 9.17) is 10.5 Å². The van der Waals surface area contributed by atoms with Crippen LogP contribution in [-0.2, 0) is 21.3 Å². The van der Waals surface area contributed by atoms with Gasteiger partial charge in [-0.1, -0.05) is 0 Å². The van der Waals surface area contributed by atoms with Crippen molar-refractivity contribution in [1.29, 1.82) is 0 Å². The van der Waals surface area contributed by atoms with Crippen LogP contribution in [0.2, 0.25) is 0 Å². The molecule has 18 heavy (non-hydrogen) atoms. The van der Waals surface area contributed by atoms with E-state index in [-0.39, 0.29) is 11.4 Å². The van der Waals surface area contributed by atoms with Crippen molar-refractivity contribution >= 4 is 10.0 Å². The molecule has 3 N–H and O–H groups in total. The summed E-state index contributed by atoms with van der Waals surface area (Å²) in [6, 6.07) is 0. The number of hydrogen-bond acceptors (Lipinski definition) is 5. The molecule has 1 aliphatic heterocycles. The van der Waals surface area contributed by atoms with Gasteiger partial charge in [0.25, 0.3) is 0 Å². The van der Waals surface area contributed by atoms with E-state index in [9.17, 15) is 8.42 Å². The fourth-order valence-electron chi connectivity index (χ4n) is 2.04. The highest BCUT2D eigenvalue weighted by atomic mass is 32.2. The van der Waals surface area contributed by atoms with Crippen LogP contribution in [0.1, 0.15) is 17.8 Å². The molecule has 0 unspecified atom stereocenters. The zero-order valence-corrected chi connectivity index (χ0v) is 11.2. The molecule has 102 valence electrons. The number of nitrogens with zero attached hydrogens (tertiary/aromatic N) is 2. The normalized spacial score (nSPS) is 18.8. The maximum absolute atomic E-state index is 12.6. The summed E-state index contributed by atoms with van der Waals surface area (Å²) >= 11 is 0. The zero-order chi connectivity index (χ0) is 13.2. The summed E-state index contributed by atoms with van der Waals surface area (Å²) in [5.41, 5.74) is 6.45. The molecule has 8 heteroatoms. The maximum Gasteiger partial charge on any atom is 0.246 e. The molecular formula is C10H18N4O3S. The van der Waals surface area contributed by atoms with E-state index in [1.165, 1.54) is 4.31 Å². The summed E-state index contributed by atoms with van der Waals surface area (Å²) in [6.07, 6.45) is 0.702. The predicted octanol–water partition coefficient (Wildman–Crippen LogP) is -0.412. The average Bonchev–Trinajstić information content (AvgIpc) is 2.56. The van der Waals surface area contributed by atoms with Gasteiger partial charge >= 0.3 is 0 Å². The van der Waals surface area contributed by atoms with Crippen LogP contribution in [0.4, 0.5) is 0 Å². The van der Waals surface area contributed by atoms with Gasteiger partial charge in [0.1, 0.15) is 4.90 Å². The minimum Gasteiger partial charge on any atom is -0.380 e. The molecule has 1 aromatic rings. The molecule has 1 saturated heterocycles. The number of rotatable bonds is 3. The molecule has 0 bridgehead atoms. The molecule has 0 saturated carbocycles. The maximum atomic E-state index is 12.6. The summed E-state index contributed by atoms with van der Waals surface area (Å²) in [5.74, 6) is 0. The summed E-state index contributed by atoms with van der Waals surface area (Å²) in [6.45, 7) is 3.65. The lowest BCUT2D eigenvalue weighted by Crippen LogP contribution is -2.34. The Bertz CT molecular complexity index is 503. The zero-order valence-electron chi connectivity index (χ0n) is 10.3. The number of H-pyrrole nitrogens is 1. The molecule has 0 spiro atoms. The number of aromatic nitrogens is 2. The molecule has 2 heterocycles. The predicted molar refractivity (Wildman–Crippen MR) is 65.4 cm³/mol. The number of nitrogens with two attached hydrogens (primary N) is 1. The summed E-state index contributed by atoms with van der Waals surface area (Å²) in [5, 5.41) is 6.61. The topological polar surface area (TPSA) is 101 Å². The van der Waals surface area contributed by atoms with E-state index < -0.39 is 10.0 Å². The molecular weight excluding hydrogens is 256 g/mol. The van der Waals surface area contributed by atoms with Crippen molar-refractivity contribution in [3.05, 3.63) is 11.4 Å². The lowest BCUT2D eigenvalue weighted by molar-refractivity contribution is 0.148. The van der Waals surface area contributed by atoms with Crippen LogP contribution in [-0.4, -0.2) is 49.2 Å². The standard InChI is InChI=1S/C10H18N4O3S/c1-8-10(9(7-11)13-12-8)18(15,16)14-3-2-5-17-6-4-14/h2-7,11H2,1H3,(H,12,13). The van der Waals surface area contributed by atoms with Crippen molar-refractivity contribution in [3.63, 3.8) is 0 Å². The van der Waals surface area contributed by atoms with Crippen molar-refractivity contribution in [2.75, 3.05) is 26.3 Å². The largest absolute Gasteiger partial charge is 0.380 e. The molecule has 1 aliphatic rings. The summed E-state index contributed by atoms with van der Waals surface area (Å²) < 4.78 is 31.8. The van der Waals surface area contributed by atoms with Gasteiger partial charge in [0, 0.05) is 26.2 Å². The minimum absolute atomic E-state index is 0.100. The van der Waals surface area contributed by atoms with Gasteiger partial charge in [0.2, 0.25) is 10.0 Å². The first kappa shape index (κ1) is 13.5. The number of ether oxygens (including phenoxy) is 1. The third-order valence-electron chi connectivity index (χ3n) is 2.93. The van der Waals surface area contributed by atoms with E-state index in [0.29, 0.717) is 44.1 Å². The first-order valence-electron chi connectivity index (χ1n) is 5.89. The van der Waals surface area contributed by atoms with Crippen molar-refractivity contribution in [1.82, 2.24) is 14.5 Å². The monoisotopic (exact) mass is 274 g/mol. The van der Waals surface area contributed by atoms with Gasteiger partial charge in [-0.25, -0.2) is 8.42 Å². The highest BCUT2D eigenvalue weighted by molar-refractivity contribution is 7.89. The van der Waals surface area contributed by atoms with Crippen molar-refractivity contribution < 1.29 is 13.2 Å². The number of sulfonamides is 1. The Hall–Kier alpha value is -0.960. The molecule has 0 aromatic carbocycles. The van der Waals surface area contributed by atoms with Crippen LogP contribution in [0.15, 0.2) is 4.90 Å². The molecule has 0 amide bonds. The van der Waals surface area contributed by atoms with Gasteiger partial charge in [0.05, 0.1) is 18.0 Å². The second-order valence-electron chi connectivity index (χ2n) is 4.20. The van der Waals surface area contributed by atoms with E-state index >= 15 is 0 Å². The van der Waals surface area contributed by atoms with Crippen molar-refractivity contribution in [2.45, 2.75) is 24.8 Å². The highest BCUT2D eigenvalue weighted by Crippen LogP contribution is 2.22. The summed E-state index contributed by atoms with van der Waals surface area (Å²) in [4.78, 5) is 0.215. The van der Waals surface area contributed by atoms with Crippen LogP contribution < -0.4 is 5.73 Å². The van der Waals surface area contributed by atoms with Crippen molar-refractivity contribution in [2.24, 2.45) is 5.73 Å². The van der Waals surface area contributed by atoms with Gasteiger partial charge in [-0.2, -0.15) is 9.40 Å². The number of aromatic amines is 1. The molecule has 0 atom stereocenters. The first-order chi connectivity index (χ1) is 8.57. The summed E-state index contributed by atoms with van der Waals surface area (Å²) in [7, 11) is -3.54. The van der Waals surface area contributed by atoms with E-state index in [2.05, 4.69) is 10.2 Å². The van der Waals surface area contributed by atoms with Gasteiger partial charge in [-0.3, -0.25) is 5.10 Å². The third kappa shape index (κ3) is 2.41. The van der Waals surface area contributed by atoms with Gasteiger partial charge in [-0.05, 0) is 13.3 Å². The molecule has 1 aromatic heterocycles. The van der Waals surface area contributed by atoms with Crippen molar-refractivity contribution in [3.8, 4) is 0 Å². The van der Waals surface area contributed by atoms with Crippen LogP contribution >= 0.6 is 0 Å². The number of aryl methyl sites for hydroxylation is 1. The van der Waals surface area contributed by atoms with Crippen LogP contribution in [0.3, 0.4) is 0 Å². The Morgan fingerprint density at radius 3 is 2.94 bits per heavy atom. The second-order valence-corrected chi connectivity index (χ2v) is 6.07. The molecule has 7 nitrogen and oxygen atoms in total. The van der Waals surface area contributed by atoms with E-state index in [1.807, 2.05) is 0 Å². The Balaban J connectivity index is 2.37. The number of nitrogens with one attached hydrogen (secondary N) is 1. The Morgan fingerprint density at radius 2 is 2.22 bits per heavy atom. The minimum atomic E-state index is -3.54. The lowest BCUT2D eigenvalue weighted by atomic mass is 10.4. The quantitative estimate of drug-likeness (QED) is 0.780. The second kappa shape index (κ2) is 5.35. The Kier molecular flexibility index (Phi) is 4.00. The fourth-order valence-corrected chi connectivity index (χ4v) is 3.84. The molecule has 0 radical (unpaired) electrons. The average molecular weight is 274 g/mol. The van der Waals surface area contributed by atoms with Crippen LogP contribution in [0.5, 0.6) is 0 Å². The van der Waals surface area contributed by atoms with Crippen LogP contribution in [0.25, 0.3) is 0 Å². The first-order valence-corrected chi connectivity index (χ1v) is 7.33. The Labute approximate surface area is 106 Å². The van der Waals surface area contributed by atoms with Crippen LogP contribution in [0, 0.1) is 6.92 Å². The number of hydrogen-bond donors (Lipinski definition) is 2. The van der Waals surface area contributed by atoms with E-state index in [0.717, 1.165) is 0 Å². The van der Waals surface area contributed by atoms with Gasteiger partial charge in [-0.15, -0.1) is 0 Å². The third-order valence-corrected chi connectivity index (χ3v) is 5.04. The fraction of sp³-hybridized carbons (Fsp3) is 0.700. The van der Waals surface area contributed by atoms with E-state index in [1.54, 1.807) is 6.92 Å². The molecule has 0 aliphatic carbocycles. The van der Waals surface area contributed by atoms with Gasteiger partial charge in [0.15, 0.2) is 0 Å². The van der Waals surface area contributed by atoms with Gasteiger partial charge < -0.3 is 10.5 Å². The molecule has 1 fully saturated rings. The Morgan fingerprint density at radius 1 is 1.44 bits per heavy atom. The SMILES string of the molecule is Cc1[nH]nc(CN)c1S(=O)(=O)N1CCCOCC1.